The lowest BCUT2D eigenvalue weighted by Crippen LogP contribution is -2.01. The van der Waals surface area contributed by atoms with Crippen LogP contribution < -0.4 is 4.74 Å². The van der Waals surface area contributed by atoms with Crippen LogP contribution >= 0.6 is 11.6 Å². The van der Waals surface area contributed by atoms with Crippen LogP contribution in [0.15, 0.2) is 24.3 Å². The predicted octanol–water partition coefficient (Wildman–Crippen LogP) is 3.96. The van der Waals surface area contributed by atoms with Gasteiger partial charge in [0.15, 0.2) is 5.78 Å². The fourth-order valence-electron chi connectivity index (χ4n) is 2.31. The van der Waals surface area contributed by atoms with Crippen molar-refractivity contribution in [1.82, 2.24) is 4.57 Å². The molecule has 4 heteroatoms. The molecule has 0 amide bonds. The van der Waals surface area contributed by atoms with Gasteiger partial charge in [-0.05, 0) is 45.0 Å². The molecule has 19 heavy (non-hydrogen) atoms. The van der Waals surface area contributed by atoms with Crippen LogP contribution in [0, 0.1) is 13.8 Å². The lowest BCUT2D eigenvalue weighted by atomic mass is 10.2. The highest BCUT2D eigenvalue weighted by atomic mass is 35.5. The van der Waals surface area contributed by atoms with Gasteiger partial charge in [0.05, 0.1) is 12.1 Å². The van der Waals surface area contributed by atoms with Crippen molar-refractivity contribution in [2.75, 3.05) is 7.11 Å². The Kier molecular flexibility index (Phi) is 3.67. The number of hydrogen-bond acceptors (Lipinski definition) is 2. The van der Waals surface area contributed by atoms with Gasteiger partial charge < -0.3 is 9.30 Å². The molecule has 0 saturated heterocycles. The van der Waals surface area contributed by atoms with Gasteiger partial charge in [-0.15, -0.1) is 0 Å². The number of ketones is 1. The molecule has 1 aromatic carbocycles. The van der Waals surface area contributed by atoms with Crippen molar-refractivity contribution >= 4 is 17.4 Å². The highest BCUT2D eigenvalue weighted by molar-refractivity contribution is 6.32. The fourth-order valence-corrected chi connectivity index (χ4v) is 2.56. The first-order valence-electron chi connectivity index (χ1n) is 5.99. The van der Waals surface area contributed by atoms with E-state index < -0.39 is 0 Å². The zero-order chi connectivity index (χ0) is 14.2. The first-order valence-corrected chi connectivity index (χ1v) is 6.37. The lowest BCUT2D eigenvalue weighted by Gasteiger charge is -2.11. The van der Waals surface area contributed by atoms with Gasteiger partial charge in [-0.1, -0.05) is 11.6 Å². The van der Waals surface area contributed by atoms with Crippen LogP contribution in [0.4, 0.5) is 0 Å². The van der Waals surface area contributed by atoms with E-state index in [-0.39, 0.29) is 5.78 Å². The third-order valence-corrected chi connectivity index (χ3v) is 3.50. The molecule has 1 aromatic heterocycles. The van der Waals surface area contributed by atoms with E-state index in [4.69, 9.17) is 16.3 Å². The molecule has 0 bridgehead atoms. The summed E-state index contributed by atoms with van der Waals surface area (Å²) in [4.78, 5) is 11.6. The summed E-state index contributed by atoms with van der Waals surface area (Å²) in [5.41, 5.74) is 3.59. The van der Waals surface area contributed by atoms with Crippen molar-refractivity contribution < 1.29 is 9.53 Å². The molecule has 3 nitrogen and oxygen atoms in total. The van der Waals surface area contributed by atoms with Crippen molar-refractivity contribution in [1.29, 1.82) is 0 Å². The summed E-state index contributed by atoms with van der Waals surface area (Å²) in [6, 6.07) is 7.48. The maximum absolute atomic E-state index is 11.6. The van der Waals surface area contributed by atoms with E-state index in [1.165, 1.54) is 0 Å². The summed E-state index contributed by atoms with van der Waals surface area (Å²) >= 11 is 6.15. The van der Waals surface area contributed by atoms with E-state index in [1.807, 2.05) is 42.7 Å². The smallest absolute Gasteiger partial charge is 0.161 e. The summed E-state index contributed by atoms with van der Waals surface area (Å²) in [5, 5.41) is 0.553. The fraction of sp³-hybridized carbons (Fsp3) is 0.267. The highest BCUT2D eigenvalue weighted by Crippen LogP contribution is 2.29. The van der Waals surface area contributed by atoms with Gasteiger partial charge in [-0.2, -0.15) is 0 Å². The first kappa shape index (κ1) is 13.7. The van der Waals surface area contributed by atoms with Crippen molar-refractivity contribution in [2.24, 2.45) is 0 Å². The van der Waals surface area contributed by atoms with E-state index in [1.54, 1.807) is 14.0 Å². The average molecular weight is 278 g/mol. The third kappa shape index (κ3) is 2.38. The number of rotatable bonds is 3. The van der Waals surface area contributed by atoms with Gasteiger partial charge in [-0.3, -0.25) is 4.79 Å². The summed E-state index contributed by atoms with van der Waals surface area (Å²) in [6.45, 7) is 5.48. The van der Waals surface area contributed by atoms with Gasteiger partial charge in [0.25, 0.3) is 0 Å². The Morgan fingerprint density at radius 1 is 1.26 bits per heavy atom. The minimum atomic E-state index is 0.0685. The van der Waals surface area contributed by atoms with Crippen LogP contribution in [-0.2, 0) is 0 Å². The van der Waals surface area contributed by atoms with E-state index in [9.17, 15) is 4.79 Å². The topological polar surface area (TPSA) is 31.2 Å². The Morgan fingerprint density at radius 3 is 2.42 bits per heavy atom. The first-order chi connectivity index (χ1) is 8.95. The van der Waals surface area contributed by atoms with Crippen LogP contribution in [0.2, 0.25) is 5.02 Å². The molecular weight excluding hydrogens is 262 g/mol. The van der Waals surface area contributed by atoms with E-state index in [0.717, 1.165) is 22.6 Å². The number of carbonyl (C=O) groups is 1. The van der Waals surface area contributed by atoms with Gasteiger partial charge >= 0.3 is 0 Å². The zero-order valence-electron chi connectivity index (χ0n) is 11.5. The Bertz CT molecular complexity index is 644. The molecule has 0 saturated carbocycles. The average Bonchev–Trinajstić information content (AvgIpc) is 2.65. The number of benzene rings is 1. The van der Waals surface area contributed by atoms with Crippen LogP contribution in [0.3, 0.4) is 0 Å². The maximum atomic E-state index is 11.6. The highest BCUT2D eigenvalue weighted by Gasteiger charge is 2.14. The molecule has 1 heterocycles. The molecule has 0 aliphatic heterocycles. The Balaban J connectivity index is 2.59. The summed E-state index contributed by atoms with van der Waals surface area (Å²) in [5.74, 6) is 0.707. The standard InChI is InChI=1S/C15H16ClNO2/c1-9-7-13(11(3)18)10(2)17(9)12-5-6-15(19-4)14(16)8-12/h5-8H,1-4H3. The van der Waals surface area contributed by atoms with Crippen molar-refractivity contribution in [2.45, 2.75) is 20.8 Å². The molecular formula is C15H16ClNO2. The monoisotopic (exact) mass is 277 g/mol. The van der Waals surface area contributed by atoms with Gasteiger partial charge in [0.2, 0.25) is 0 Å². The molecule has 0 unspecified atom stereocenters. The number of nitrogens with zero attached hydrogens (tertiary/aromatic N) is 1. The van der Waals surface area contributed by atoms with Gasteiger partial charge in [0, 0.05) is 22.6 Å². The molecule has 0 spiro atoms. The Morgan fingerprint density at radius 2 is 1.95 bits per heavy atom. The van der Waals surface area contributed by atoms with Crippen LogP contribution in [0.1, 0.15) is 28.7 Å². The van der Waals surface area contributed by atoms with Crippen molar-refractivity contribution in [3.05, 3.63) is 46.2 Å². The number of Topliss-reactive ketones (excluding diaryl/α,β-unsaturated/α-hetero) is 1. The molecule has 0 fully saturated rings. The summed E-state index contributed by atoms with van der Waals surface area (Å²) in [6.07, 6.45) is 0. The second-order valence-electron chi connectivity index (χ2n) is 4.50. The Labute approximate surface area is 117 Å². The molecule has 0 atom stereocenters. The summed E-state index contributed by atoms with van der Waals surface area (Å²) < 4.78 is 7.16. The molecule has 0 aliphatic rings. The van der Waals surface area contributed by atoms with Crippen molar-refractivity contribution in [3.8, 4) is 11.4 Å². The van der Waals surface area contributed by atoms with Crippen LogP contribution in [0.5, 0.6) is 5.75 Å². The van der Waals surface area contributed by atoms with E-state index in [0.29, 0.717) is 10.8 Å². The molecule has 0 aliphatic carbocycles. The van der Waals surface area contributed by atoms with E-state index in [2.05, 4.69) is 0 Å². The second-order valence-corrected chi connectivity index (χ2v) is 4.90. The number of halogens is 1. The SMILES string of the molecule is COc1ccc(-n2c(C)cc(C(C)=O)c2C)cc1Cl. The third-order valence-electron chi connectivity index (χ3n) is 3.20. The molecule has 2 aromatic rings. The lowest BCUT2D eigenvalue weighted by molar-refractivity contribution is 0.101. The quantitative estimate of drug-likeness (QED) is 0.795. The number of aromatic nitrogens is 1. The second kappa shape index (κ2) is 5.10. The minimum absolute atomic E-state index is 0.0685. The number of aryl methyl sites for hydroxylation is 1. The largest absolute Gasteiger partial charge is 0.495 e. The maximum Gasteiger partial charge on any atom is 0.161 e. The molecule has 100 valence electrons. The van der Waals surface area contributed by atoms with Crippen LogP contribution in [-0.4, -0.2) is 17.5 Å². The number of hydrogen-bond donors (Lipinski definition) is 0. The predicted molar refractivity (Wildman–Crippen MR) is 76.8 cm³/mol. The summed E-state index contributed by atoms with van der Waals surface area (Å²) in [7, 11) is 1.58. The molecule has 0 N–H and O–H groups in total. The van der Waals surface area contributed by atoms with Gasteiger partial charge in [-0.25, -0.2) is 0 Å². The molecule has 2 rings (SSSR count). The molecule has 0 radical (unpaired) electrons. The Hall–Kier alpha value is -1.74. The van der Waals surface area contributed by atoms with Crippen molar-refractivity contribution in [3.63, 3.8) is 0 Å². The van der Waals surface area contributed by atoms with E-state index >= 15 is 0 Å². The van der Waals surface area contributed by atoms with Gasteiger partial charge in [0.1, 0.15) is 5.75 Å². The zero-order valence-corrected chi connectivity index (χ0v) is 12.2. The number of carbonyl (C=O) groups excluding carboxylic acids is 1. The number of ether oxygens (including phenoxy) is 1. The minimum Gasteiger partial charge on any atom is -0.495 e. The van der Waals surface area contributed by atoms with Crippen LogP contribution in [0.25, 0.3) is 5.69 Å². The number of methoxy groups -OCH3 is 1. The normalized spacial score (nSPS) is 10.6.